The molecular weight excluding hydrogens is 238 g/mol. The Hall–Kier alpha value is -1.35. The van der Waals surface area contributed by atoms with Crippen LogP contribution in [0.25, 0.3) is 0 Å². The Morgan fingerprint density at radius 3 is 2.11 bits per heavy atom. The third-order valence-electron chi connectivity index (χ3n) is 3.32. The fourth-order valence-electron chi connectivity index (χ4n) is 2.24. The lowest BCUT2D eigenvalue weighted by Gasteiger charge is -2.27. The van der Waals surface area contributed by atoms with Crippen molar-refractivity contribution >= 4 is 5.78 Å². The van der Waals surface area contributed by atoms with Crippen molar-refractivity contribution in [2.75, 3.05) is 20.2 Å². The highest BCUT2D eigenvalue weighted by molar-refractivity contribution is 5.99. The second-order valence-corrected chi connectivity index (χ2v) is 4.80. The van der Waals surface area contributed by atoms with Crippen LogP contribution in [0.5, 0.6) is 5.75 Å². The van der Waals surface area contributed by atoms with E-state index in [1.807, 2.05) is 31.2 Å². The molecule has 0 bridgehead atoms. The van der Waals surface area contributed by atoms with E-state index < -0.39 is 0 Å². The fraction of sp³-hybridized carbons (Fsp3) is 0.562. The summed E-state index contributed by atoms with van der Waals surface area (Å²) in [4.78, 5) is 14.7. The summed E-state index contributed by atoms with van der Waals surface area (Å²) in [5.74, 6) is 0.965. The normalized spacial score (nSPS) is 12.5. The number of carbonyl (C=O) groups is 1. The van der Waals surface area contributed by atoms with Crippen LogP contribution in [0.15, 0.2) is 24.3 Å². The first-order chi connectivity index (χ1) is 9.13. The maximum atomic E-state index is 12.5. The maximum absolute atomic E-state index is 12.5. The first-order valence-electron chi connectivity index (χ1n) is 7.06. The van der Waals surface area contributed by atoms with Crippen LogP contribution in [0, 0.1) is 0 Å². The highest BCUT2D eigenvalue weighted by Gasteiger charge is 2.21. The van der Waals surface area contributed by atoms with E-state index in [-0.39, 0.29) is 11.8 Å². The summed E-state index contributed by atoms with van der Waals surface area (Å²) >= 11 is 0. The molecule has 0 radical (unpaired) electrons. The van der Waals surface area contributed by atoms with Gasteiger partial charge in [-0.2, -0.15) is 0 Å². The Morgan fingerprint density at radius 2 is 1.68 bits per heavy atom. The first-order valence-corrected chi connectivity index (χ1v) is 7.06. The average Bonchev–Trinajstić information content (AvgIpc) is 2.45. The van der Waals surface area contributed by atoms with Gasteiger partial charge in [0.2, 0.25) is 0 Å². The van der Waals surface area contributed by atoms with Gasteiger partial charge >= 0.3 is 0 Å². The second kappa shape index (κ2) is 7.95. The third kappa shape index (κ3) is 4.35. The Kier molecular flexibility index (Phi) is 6.57. The quantitative estimate of drug-likeness (QED) is 0.673. The Bertz CT molecular complexity index is 380. The van der Waals surface area contributed by atoms with E-state index in [9.17, 15) is 4.79 Å². The predicted octanol–water partition coefficient (Wildman–Crippen LogP) is 3.39. The highest BCUT2D eigenvalue weighted by Crippen LogP contribution is 2.15. The van der Waals surface area contributed by atoms with Crippen LogP contribution < -0.4 is 4.74 Å². The fourth-order valence-corrected chi connectivity index (χ4v) is 2.24. The molecule has 1 aromatic rings. The van der Waals surface area contributed by atoms with Gasteiger partial charge in [0, 0.05) is 5.56 Å². The molecular formula is C16H25NO2. The van der Waals surface area contributed by atoms with Crippen LogP contribution in [-0.2, 0) is 0 Å². The van der Waals surface area contributed by atoms with Crippen LogP contribution in [0.3, 0.4) is 0 Å². The zero-order valence-corrected chi connectivity index (χ0v) is 12.5. The van der Waals surface area contributed by atoms with Gasteiger partial charge in [-0.05, 0) is 57.1 Å². The zero-order chi connectivity index (χ0) is 14.3. The molecule has 0 aliphatic carbocycles. The Morgan fingerprint density at radius 1 is 1.16 bits per heavy atom. The van der Waals surface area contributed by atoms with E-state index in [1.54, 1.807) is 7.11 Å². The Labute approximate surface area is 116 Å². The number of Topliss-reactive ketones (excluding diaryl/α,β-unsaturated/α-hetero) is 1. The molecule has 0 amide bonds. The highest BCUT2D eigenvalue weighted by atomic mass is 16.5. The monoisotopic (exact) mass is 263 g/mol. The van der Waals surface area contributed by atoms with Gasteiger partial charge in [0.1, 0.15) is 5.75 Å². The zero-order valence-electron chi connectivity index (χ0n) is 12.5. The molecule has 19 heavy (non-hydrogen) atoms. The topological polar surface area (TPSA) is 29.5 Å². The maximum Gasteiger partial charge on any atom is 0.179 e. The molecule has 0 spiro atoms. The van der Waals surface area contributed by atoms with Crippen molar-refractivity contribution in [1.82, 2.24) is 4.90 Å². The first kappa shape index (κ1) is 15.7. The average molecular weight is 263 g/mol. The number of ether oxygens (including phenoxy) is 1. The van der Waals surface area contributed by atoms with Crippen molar-refractivity contribution < 1.29 is 9.53 Å². The number of rotatable bonds is 8. The molecule has 0 saturated heterocycles. The molecule has 0 fully saturated rings. The van der Waals surface area contributed by atoms with Gasteiger partial charge in [-0.1, -0.05) is 13.8 Å². The van der Waals surface area contributed by atoms with E-state index in [0.29, 0.717) is 0 Å². The number of hydrogen-bond donors (Lipinski definition) is 0. The SMILES string of the molecule is CCCN(CCC)C(C)C(=O)c1ccc(OC)cc1. The summed E-state index contributed by atoms with van der Waals surface area (Å²) in [6.07, 6.45) is 2.14. The largest absolute Gasteiger partial charge is 0.497 e. The van der Waals surface area contributed by atoms with Crippen LogP contribution in [0.4, 0.5) is 0 Å². The standard InChI is InChI=1S/C16H25NO2/c1-5-11-17(12-6-2)13(3)16(18)14-7-9-15(19-4)10-8-14/h7-10,13H,5-6,11-12H2,1-4H3. The van der Waals surface area contributed by atoms with Crippen molar-refractivity contribution in [2.45, 2.75) is 39.7 Å². The lowest BCUT2D eigenvalue weighted by molar-refractivity contribution is 0.0838. The third-order valence-corrected chi connectivity index (χ3v) is 3.32. The number of ketones is 1. The molecule has 1 rings (SSSR count). The molecule has 3 heteroatoms. The lowest BCUT2D eigenvalue weighted by Crippen LogP contribution is -2.40. The van der Waals surface area contributed by atoms with E-state index in [0.717, 1.165) is 37.2 Å². The molecule has 0 aliphatic rings. The number of methoxy groups -OCH3 is 1. The molecule has 0 heterocycles. The van der Waals surface area contributed by atoms with E-state index in [2.05, 4.69) is 18.7 Å². The smallest absolute Gasteiger partial charge is 0.179 e. The van der Waals surface area contributed by atoms with Crippen LogP contribution in [-0.4, -0.2) is 36.9 Å². The lowest BCUT2D eigenvalue weighted by atomic mass is 10.0. The molecule has 106 valence electrons. The summed E-state index contributed by atoms with van der Waals surface area (Å²) in [6, 6.07) is 7.29. The van der Waals surface area contributed by atoms with Gasteiger partial charge in [0.05, 0.1) is 13.2 Å². The molecule has 0 aliphatic heterocycles. The minimum absolute atomic E-state index is 0.0618. The van der Waals surface area contributed by atoms with Gasteiger partial charge in [-0.15, -0.1) is 0 Å². The van der Waals surface area contributed by atoms with E-state index in [4.69, 9.17) is 4.74 Å². The number of nitrogens with zero attached hydrogens (tertiary/aromatic N) is 1. The summed E-state index contributed by atoms with van der Waals surface area (Å²) in [7, 11) is 1.63. The van der Waals surface area contributed by atoms with Crippen molar-refractivity contribution in [2.24, 2.45) is 0 Å². The molecule has 1 unspecified atom stereocenters. The second-order valence-electron chi connectivity index (χ2n) is 4.80. The van der Waals surface area contributed by atoms with Gasteiger partial charge in [-0.25, -0.2) is 0 Å². The minimum atomic E-state index is -0.0618. The van der Waals surface area contributed by atoms with Gasteiger partial charge < -0.3 is 4.74 Å². The van der Waals surface area contributed by atoms with Gasteiger partial charge in [-0.3, -0.25) is 9.69 Å². The predicted molar refractivity (Wildman–Crippen MR) is 78.9 cm³/mol. The summed E-state index contributed by atoms with van der Waals surface area (Å²) in [5, 5.41) is 0. The molecule has 0 N–H and O–H groups in total. The van der Waals surface area contributed by atoms with Crippen LogP contribution >= 0.6 is 0 Å². The van der Waals surface area contributed by atoms with E-state index in [1.165, 1.54) is 0 Å². The minimum Gasteiger partial charge on any atom is -0.497 e. The van der Waals surface area contributed by atoms with Crippen LogP contribution in [0.1, 0.15) is 44.0 Å². The van der Waals surface area contributed by atoms with Crippen molar-refractivity contribution in [3.63, 3.8) is 0 Å². The Balaban J connectivity index is 2.78. The molecule has 0 saturated carbocycles. The number of benzene rings is 1. The molecule has 1 atom stereocenters. The molecule has 3 nitrogen and oxygen atoms in total. The van der Waals surface area contributed by atoms with Crippen molar-refractivity contribution in [3.8, 4) is 5.75 Å². The summed E-state index contributed by atoms with van der Waals surface area (Å²) in [6.45, 7) is 8.23. The molecule has 0 aromatic heterocycles. The summed E-state index contributed by atoms with van der Waals surface area (Å²) in [5.41, 5.74) is 0.755. The van der Waals surface area contributed by atoms with Crippen molar-refractivity contribution in [3.05, 3.63) is 29.8 Å². The van der Waals surface area contributed by atoms with Gasteiger partial charge in [0.15, 0.2) is 5.78 Å². The van der Waals surface area contributed by atoms with Gasteiger partial charge in [0.25, 0.3) is 0 Å². The van der Waals surface area contributed by atoms with Crippen molar-refractivity contribution in [1.29, 1.82) is 0 Å². The molecule has 1 aromatic carbocycles. The van der Waals surface area contributed by atoms with E-state index >= 15 is 0 Å². The number of hydrogen-bond acceptors (Lipinski definition) is 3. The number of carbonyl (C=O) groups excluding carboxylic acids is 1. The summed E-state index contributed by atoms with van der Waals surface area (Å²) < 4.78 is 5.11. The van der Waals surface area contributed by atoms with Crippen LogP contribution in [0.2, 0.25) is 0 Å².